The number of fused-ring (bicyclic) bond motifs is 2. The van der Waals surface area contributed by atoms with Crippen LogP contribution in [-0.4, -0.2) is 34.6 Å². The normalized spacial score (nSPS) is 12.0. The minimum absolute atomic E-state index is 0.110. The Morgan fingerprint density at radius 1 is 1.17 bits per heavy atom. The van der Waals surface area contributed by atoms with Crippen LogP contribution >= 0.6 is 0 Å². The third kappa shape index (κ3) is 3.88. The summed E-state index contributed by atoms with van der Waals surface area (Å²) in [5.41, 5.74) is 1.64. The minimum atomic E-state index is -0.648. The number of pyridine rings is 1. The molecule has 0 unspecified atom stereocenters. The summed E-state index contributed by atoms with van der Waals surface area (Å²) in [6, 6.07) is 11.3. The van der Waals surface area contributed by atoms with Crippen LogP contribution in [0.3, 0.4) is 0 Å². The van der Waals surface area contributed by atoms with Crippen LogP contribution in [0, 0.1) is 6.92 Å². The van der Waals surface area contributed by atoms with E-state index in [1.54, 1.807) is 37.3 Å². The Hall–Kier alpha value is -3.88. The smallest absolute Gasteiger partial charge is 0.325 e. The highest BCUT2D eigenvalue weighted by Crippen LogP contribution is 2.32. The second kappa shape index (κ2) is 7.63. The van der Waals surface area contributed by atoms with Gasteiger partial charge in [0.2, 0.25) is 6.79 Å². The first-order chi connectivity index (χ1) is 14.0. The Bertz CT molecular complexity index is 1170. The number of hydrogen-bond acceptors (Lipinski definition) is 7. The maximum absolute atomic E-state index is 12.2. The summed E-state index contributed by atoms with van der Waals surface area (Å²) in [7, 11) is 0. The van der Waals surface area contributed by atoms with Crippen molar-refractivity contribution in [2.24, 2.45) is 0 Å². The number of rotatable bonds is 5. The van der Waals surface area contributed by atoms with Crippen LogP contribution in [0.1, 0.15) is 21.7 Å². The van der Waals surface area contributed by atoms with E-state index in [0.29, 0.717) is 28.4 Å². The highest BCUT2D eigenvalue weighted by molar-refractivity contribution is 5.96. The van der Waals surface area contributed by atoms with E-state index >= 15 is 0 Å². The Morgan fingerprint density at radius 2 is 2.00 bits per heavy atom. The summed E-state index contributed by atoms with van der Waals surface area (Å²) in [4.78, 5) is 40.7. The van der Waals surface area contributed by atoms with Gasteiger partial charge in [0.25, 0.3) is 11.5 Å². The predicted molar refractivity (Wildman–Crippen MR) is 101 cm³/mol. The van der Waals surface area contributed by atoms with Crippen LogP contribution in [0.2, 0.25) is 0 Å². The molecule has 0 aliphatic carbocycles. The van der Waals surface area contributed by atoms with Crippen molar-refractivity contribution in [2.45, 2.75) is 13.5 Å². The molecule has 3 aromatic rings. The van der Waals surface area contributed by atoms with Crippen molar-refractivity contribution in [1.82, 2.24) is 14.7 Å². The number of carbonyl (C=O) groups is 2. The van der Waals surface area contributed by atoms with Crippen LogP contribution in [-0.2, 0) is 16.1 Å². The van der Waals surface area contributed by atoms with Crippen LogP contribution in [0.15, 0.2) is 47.3 Å². The Labute approximate surface area is 164 Å². The Balaban J connectivity index is 1.34. The molecular weight excluding hydrogens is 378 g/mol. The van der Waals surface area contributed by atoms with Crippen LogP contribution in [0.25, 0.3) is 5.65 Å². The molecule has 1 N–H and O–H groups in total. The first kappa shape index (κ1) is 18.5. The Kier molecular flexibility index (Phi) is 4.86. The van der Waals surface area contributed by atoms with E-state index in [-0.39, 0.29) is 25.5 Å². The SMILES string of the molecule is Cc1cccc2nc(COC(=O)CNC(=O)c3ccc4c(c3)OCO4)cc(=O)n12. The van der Waals surface area contributed by atoms with Crippen molar-refractivity contribution < 1.29 is 23.8 Å². The van der Waals surface area contributed by atoms with E-state index in [1.807, 2.05) is 0 Å². The van der Waals surface area contributed by atoms with Gasteiger partial charge >= 0.3 is 5.97 Å². The molecule has 2 aromatic heterocycles. The van der Waals surface area contributed by atoms with E-state index in [2.05, 4.69) is 10.3 Å². The average molecular weight is 395 g/mol. The van der Waals surface area contributed by atoms with E-state index in [9.17, 15) is 14.4 Å². The molecule has 0 bridgehead atoms. The van der Waals surface area contributed by atoms with Crippen molar-refractivity contribution in [1.29, 1.82) is 0 Å². The lowest BCUT2D eigenvalue weighted by Crippen LogP contribution is -2.30. The zero-order valence-electron chi connectivity index (χ0n) is 15.5. The van der Waals surface area contributed by atoms with Gasteiger partial charge in [0.1, 0.15) is 18.8 Å². The molecule has 148 valence electrons. The van der Waals surface area contributed by atoms with Gasteiger partial charge in [0, 0.05) is 17.3 Å². The topological polar surface area (TPSA) is 108 Å². The lowest BCUT2D eigenvalue weighted by atomic mass is 10.2. The quantitative estimate of drug-likeness (QED) is 0.647. The van der Waals surface area contributed by atoms with Crippen molar-refractivity contribution in [3.63, 3.8) is 0 Å². The molecule has 0 atom stereocenters. The zero-order chi connectivity index (χ0) is 20.4. The van der Waals surface area contributed by atoms with Crippen molar-refractivity contribution in [2.75, 3.05) is 13.3 Å². The third-order valence-corrected chi connectivity index (χ3v) is 4.34. The van der Waals surface area contributed by atoms with Crippen molar-refractivity contribution in [3.8, 4) is 11.5 Å². The molecule has 9 heteroatoms. The monoisotopic (exact) mass is 395 g/mol. The molecule has 0 saturated carbocycles. The summed E-state index contributed by atoms with van der Waals surface area (Å²) in [6.45, 7) is 1.43. The number of esters is 1. The molecule has 29 heavy (non-hydrogen) atoms. The molecule has 0 fully saturated rings. The minimum Gasteiger partial charge on any atom is -0.458 e. The first-order valence-electron chi connectivity index (χ1n) is 8.83. The van der Waals surface area contributed by atoms with Gasteiger partial charge in [-0.15, -0.1) is 0 Å². The molecule has 3 heterocycles. The number of aromatic nitrogens is 2. The van der Waals surface area contributed by atoms with E-state index in [4.69, 9.17) is 14.2 Å². The number of hydrogen-bond donors (Lipinski definition) is 1. The molecular formula is C20H17N3O6. The largest absolute Gasteiger partial charge is 0.458 e. The number of ether oxygens (including phenoxy) is 3. The lowest BCUT2D eigenvalue weighted by molar-refractivity contribution is -0.143. The summed E-state index contributed by atoms with van der Waals surface area (Å²) < 4.78 is 17.0. The first-order valence-corrected chi connectivity index (χ1v) is 8.83. The molecule has 1 aromatic carbocycles. The highest BCUT2D eigenvalue weighted by Gasteiger charge is 2.17. The van der Waals surface area contributed by atoms with Crippen LogP contribution in [0.5, 0.6) is 11.5 Å². The standard InChI is InChI=1S/C20H17N3O6/c1-12-3-2-4-17-22-14(8-18(24)23(12)17)10-27-19(25)9-21-20(26)13-5-6-15-16(7-13)29-11-28-15/h2-8H,9-11H2,1H3,(H,21,26). The molecule has 1 amide bonds. The van der Waals surface area contributed by atoms with Gasteiger partial charge in [-0.3, -0.25) is 18.8 Å². The van der Waals surface area contributed by atoms with E-state index in [1.165, 1.54) is 16.5 Å². The van der Waals surface area contributed by atoms with Gasteiger partial charge in [0.15, 0.2) is 11.5 Å². The fourth-order valence-electron chi connectivity index (χ4n) is 2.94. The van der Waals surface area contributed by atoms with Crippen molar-refractivity contribution in [3.05, 3.63) is 69.8 Å². The van der Waals surface area contributed by atoms with Gasteiger partial charge in [-0.1, -0.05) is 6.07 Å². The molecule has 0 radical (unpaired) electrons. The second-order valence-corrected chi connectivity index (χ2v) is 6.36. The molecule has 4 rings (SSSR count). The number of aryl methyl sites for hydroxylation is 1. The fourth-order valence-corrected chi connectivity index (χ4v) is 2.94. The summed E-state index contributed by atoms with van der Waals surface area (Å²) in [5, 5.41) is 2.48. The van der Waals surface area contributed by atoms with E-state index in [0.717, 1.165) is 5.69 Å². The fraction of sp³-hybridized carbons (Fsp3) is 0.200. The molecule has 1 aliphatic heterocycles. The number of nitrogens with one attached hydrogen (secondary N) is 1. The number of carbonyl (C=O) groups excluding carboxylic acids is 2. The second-order valence-electron chi connectivity index (χ2n) is 6.36. The van der Waals surface area contributed by atoms with Crippen molar-refractivity contribution >= 4 is 17.5 Å². The molecule has 0 saturated heterocycles. The average Bonchev–Trinajstić information content (AvgIpc) is 3.18. The summed E-state index contributed by atoms with van der Waals surface area (Å²) in [6.07, 6.45) is 0. The third-order valence-electron chi connectivity index (χ3n) is 4.34. The van der Waals surface area contributed by atoms with Gasteiger partial charge in [-0.05, 0) is 37.3 Å². The number of benzene rings is 1. The maximum Gasteiger partial charge on any atom is 0.325 e. The Morgan fingerprint density at radius 3 is 2.86 bits per heavy atom. The van der Waals surface area contributed by atoms with Gasteiger partial charge in [-0.2, -0.15) is 0 Å². The molecule has 0 spiro atoms. The predicted octanol–water partition coefficient (Wildman–Crippen LogP) is 1.20. The van der Waals surface area contributed by atoms with Gasteiger partial charge in [0.05, 0.1) is 5.69 Å². The van der Waals surface area contributed by atoms with Crippen LogP contribution < -0.4 is 20.3 Å². The van der Waals surface area contributed by atoms with Crippen LogP contribution in [0.4, 0.5) is 0 Å². The highest BCUT2D eigenvalue weighted by atomic mass is 16.7. The molecule has 9 nitrogen and oxygen atoms in total. The van der Waals surface area contributed by atoms with Gasteiger partial charge < -0.3 is 19.5 Å². The number of nitrogens with zero attached hydrogens (tertiary/aromatic N) is 2. The molecule has 1 aliphatic rings. The number of amides is 1. The summed E-state index contributed by atoms with van der Waals surface area (Å²) >= 11 is 0. The maximum atomic E-state index is 12.2. The van der Waals surface area contributed by atoms with E-state index < -0.39 is 11.9 Å². The zero-order valence-corrected chi connectivity index (χ0v) is 15.5. The van der Waals surface area contributed by atoms with Gasteiger partial charge in [-0.25, -0.2) is 4.98 Å². The summed E-state index contributed by atoms with van der Waals surface area (Å²) in [5.74, 6) is -0.0535. The lowest BCUT2D eigenvalue weighted by Gasteiger charge is -2.08.